The highest BCUT2D eigenvalue weighted by Crippen LogP contribution is 2.71. The quantitative estimate of drug-likeness (QED) is 0.809. The summed E-state index contributed by atoms with van der Waals surface area (Å²) in [7, 11) is 4.23. The van der Waals surface area contributed by atoms with Gasteiger partial charge in [-0.3, -0.25) is 0 Å². The monoisotopic (exact) mass is 301 g/mol. The first kappa shape index (κ1) is 16.0. The maximum atomic E-state index is 6.47. The Morgan fingerprint density at radius 3 is 2.45 bits per heavy atom. The van der Waals surface area contributed by atoms with E-state index >= 15 is 0 Å². The molecule has 0 N–H and O–H groups in total. The van der Waals surface area contributed by atoms with Gasteiger partial charge in [-0.25, -0.2) is 0 Å². The van der Waals surface area contributed by atoms with Gasteiger partial charge in [0, 0.05) is 12.5 Å². The molecule has 2 fully saturated rings. The van der Waals surface area contributed by atoms with Crippen LogP contribution in [0.15, 0.2) is 30.3 Å². The lowest BCUT2D eigenvalue weighted by molar-refractivity contribution is -0.0137. The minimum Gasteiger partial charge on any atom is -0.376 e. The van der Waals surface area contributed by atoms with Crippen molar-refractivity contribution in [3.63, 3.8) is 0 Å². The van der Waals surface area contributed by atoms with E-state index in [2.05, 4.69) is 70.1 Å². The summed E-state index contributed by atoms with van der Waals surface area (Å²) in [5, 5.41) is 0. The molecule has 2 aliphatic rings. The smallest absolute Gasteiger partial charge is 0.0683 e. The van der Waals surface area contributed by atoms with Crippen molar-refractivity contribution < 1.29 is 4.74 Å². The van der Waals surface area contributed by atoms with E-state index in [0.717, 1.165) is 13.2 Å². The molecule has 1 aromatic carbocycles. The molecular weight excluding hydrogens is 270 g/mol. The number of hydrogen-bond donors (Lipinski definition) is 0. The largest absolute Gasteiger partial charge is 0.376 e. The van der Waals surface area contributed by atoms with Crippen LogP contribution in [0.4, 0.5) is 0 Å². The van der Waals surface area contributed by atoms with Crippen LogP contribution in [0, 0.1) is 16.7 Å². The number of fused-ring (bicyclic) bond motifs is 2. The van der Waals surface area contributed by atoms with Crippen molar-refractivity contribution >= 4 is 0 Å². The molecule has 22 heavy (non-hydrogen) atoms. The summed E-state index contributed by atoms with van der Waals surface area (Å²) in [5.74, 6) is 1.22. The molecule has 0 radical (unpaired) electrons. The fourth-order valence-corrected chi connectivity index (χ4v) is 5.09. The standard InChI is InChI=1S/C20H31NO/c1-19(2)16-11-12-20(19,3)17(15-9-7-6-8-10-15)18(16)22-14-13-21(4)5/h6-10,16-18H,11-14H2,1-5H3/t16-,17-,18+,20+/m1/s1. The van der Waals surface area contributed by atoms with Crippen LogP contribution in [0.25, 0.3) is 0 Å². The third kappa shape index (κ3) is 2.32. The Balaban J connectivity index is 1.89. The number of ether oxygens (including phenoxy) is 1. The fourth-order valence-electron chi connectivity index (χ4n) is 5.09. The number of rotatable bonds is 5. The van der Waals surface area contributed by atoms with Crippen LogP contribution in [0.1, 0.15) is 45.1 Å². The van der Waals surface area contributed by atoms with Gasteiger partial charge in [0.2, 0.25) is 0 Å². The van der Waals surface area contributed by atoms with Crippen molar-refractivity contribution in [3.8, 4) is 0 Å². The Morgan fingerprint density at radius 1 is 1.14 bits per heavy atom. The first-order valence-corrected chi connectivity index (χ1v) is 8.69. The molecular formula is C20H31NO. The lowest BCUT2D eigenvalue weighted by atomic mass is 9.65. The lowest BCUT2D eigenvalue weighted by Gasteiger charge is -2.40. The minimum atomic E-state index is 0.349. The zero-order chi connectivity index (χ0) is 16.0. The Morgan fingerprint density at radius 2 is 1.82 bits per heavy atom. The van der Waals surface area contributed by atoms with E-state index in [0.29, 0.717) is 28.8 Å². The maximum absolute atomic E-state index is 6.47. The summed E-state index contributed by atoms with van der Waals surface area (Å²) in [4.78, 5) is 2.21. The van der Waals surface area contributed by atoms with E-state index in [1.54, 1.807) is 0 Å². The number of likely N-dealkylation sites (N-methyl/N-ethyl adjacent to an activating group) is 1. The SMILES string of the molecule is CN(C)CCO[C@H]1[C@H]2CC[C@@](C)([C@@H]1c1ccccc1)C2(C)C. The summed E-state index contributed by atoms with van der Waals surface area (Å²) in [5.41, 5.74) is 2.17. The topological polar surface area (TPSA) is 12.5 Å². The van der Waals surface area contributed by atoms with Gasteiger partial charge >= 0.3 is 0 Å². The molecule has 0 heterocycles. The normalized spacial score (nSPS) is 36.2. The van der Waals surface area contributed by atoms with Crippen LogP contribution in [0.5, 0.6) is 0 Å². The Hall–Kier alpha value is -0.860. The second-order valence-corrected chi connectivity index (χ2v) is 8.31. The lowest BCUT2D eigenvalue weighted by Crippen LogP contribution is -2.35. The average molecular weight is 301 g/mol. The van der Waals surface area contributed by atoms with Crippen LogP contribution < -0.4 is 0 Å². The van der Waals surface area contributed by atoms with Crippen molar-refractivity contribution in [2.45, 2.75) is 45.6 Å². The van der Waals surface area contributed by atoms with E-state index in [4.69, 9.17) is 4.74 Å². The number of hydrogen-bond acceptors (Lipinski definition) is 2. The average Bonchev–Trinajstić information content (AvgIpc) is 2.78. The van der Waals surface area contributed by atoms with E-state index in [-0.39, 0.29) is 0 Å². The third-order valence-corrected chi connectivity index (χ3v) is 6.79. The molecule has 122 valence electrons. The Kier molecular flexibility index (Phi) is 4.11. The number of benzene rings is 1. The van der Waals surface area contributed by atoms with Crippen LogP contribution >= 0.6 is 0 Å². The van der Waals surface area contributed by atoms with Crippen molar-refractivity contribution in [2.24, 2.45) is 16.7 Å². The van der Waals surface area contributed by atoms with Crippen molar-refractivity contribution in [3.05, 3.63) is 35.9 Å². The van der Waals surface area contributed by atoms with E-state index < -0.39 is 0 Å². The predicted molar refractivity (Wildman–Crippen MR) is 92.1 cm³/mol. The molecule has 2 nitrogen and oxygen atoms in total. The van der Waals surface area contributed by atoms with Crippen LogP contribution in [-0.4, -0.2) is 38.3 Å². The molecule has 0 aliphatic heterocycles. The van der Waals surface area contributed by atoms with Gasteiger partial charge < -0.3 is 9.64 Å². The van der Waals surface area contributed by atoms with Crippen molar-refractivity contribution in [1.29, 1.82) is 0 Å². The van der Waals surface area contributed by atoms with E-state index in [1.807, 2.05) is 0 Å². The zero-order valence-corrected chi connectivity index (χ0v) is 14.8. The fraction of sp³-hybridized carbons (Fsp3) is 0.700. The van der Waals surface area contributed by atoms with Gasteiger partial charge in [0.1, 0.15) is 0 Å². The maximum Gasteiger partial charge on any atom is 0.0683 e. The molecule has 0 aromatic heterocycles. The first-order valence-electron chi connectivity index (χ1n) is 8.69. The third-order valence-electron chi connectivity index (χ3n) is 6.79. The second kappa shape index (κ2) is 5.65. The number of nitrogens with zero attached hydrogens (tertiary/aromatic N) is 1. The summed E-state index contributed by atoms with van der Waals surface area (Å²) < 4.78 is 6.47. The summed E-state index contributed by atoms with van der Waals surface area (Å²) in [6, 6.07) is 11.1. The molecule has 1 aromatic rings. The molecule has 3 rings (SSSR count). The van der Waals surface area contributed by atoms with Crippen LogP contribution in [0.2, 0.25) is 0 Å². The molecule has 0 unspecified atom stereocenters. The highest BCUT2D eigenvalue weighted by atomic mass is 16.5. The van der Waals surface area contributed by atoms with Gasteiger partial charge in [0.15, 0.2) is 0 Å². The van der Waals surface area contributed by atoms with Crippen molar-refractivity contribution in [2.75, 3.05) is 27.2 Å². The molecule has 2 bridgehead atoms. The molecule has 2 aliphatic carbocycles. The van der Waals surface area contributed by atoms with E-state index in [1.165, 1.54) is 18.4 Å². The van der Waals surface area contributed by atoms with Gasteiger partial charge in [-0.05, 0) is 49.2 Å². The summed E-state index contributed by atoms with van der Waals surface area (Å²) in [6.45, 7) is 9.28. The van der Waals surface area contributed by atoms with Gasteiger partial charge in [-0.2, -0.15) is 0 Å². The van der Waals surface area contributed by atoms with E-state index in [9.17, 15) is 0 Å². The highest BCUT2D eigenvalue weighted by Gasteiger charge is 2.66. The minimum absolute atomic E-state index is 0.349. The van der Waals surface area contributed by atoms with Crippen LogP contribution in [0.3, 0.4) is 0 Å². The van der Waals surface area contributed by atoms with Gasteiger partial charge in [-0.15, -0.1) is 0 Å². The summed E-state index contributed by atoms with van der Waals surface area (Å²) in [6.07, 6.45) is 3.02. The van der Waals surface area contributed by atoms with Gasteiger partial charge in [0.25, 0.3) is 0 Å². The molecule has 0 spiro atoms. The van der Waals surface area contributed by atoms with Crippen molar-refractivity contribution in [1.82, 2.24) is 4.90 Å². The molecule has 2 heteroatoms. The predicted octanol–water partition coefficient (Wildman–Crippen LogP) is 4.17. The molecule has 0 saturated heterocycles. The Labute approximate surface area is 135 Å². The summed E-state index contributed by atoms with van der Waals surface area (Å²) >= 11 is 0. The molecule has 0 amide bonds. The molecule has 2 saturated carbocycles. The zero-order valence-electron chi connectivity index (χ0n) is 14.8. The Bertz CT molecular complexity index is 510. The van der Waals surface area contributed by atoms with Gasteiger partial charge in [-0.1, -0.05) is 51.1 Å². The first-order chi connectivity index (χ1) is 10.4. The molecule has 4 atom stereocenters. The van der Waals surface area contributed by atoms with Crippen LogP contribution in [-0.2, 0) is 4.74 Å². The van der Waals surface area contributed by atoms with Gasteiger partial charge in [0.05, 0.1) is 12.7 Å². The second-order valence-electron chi connectivity index (χ2n) is 8.31. The highest BCUT2D eigenvalue weighted by molar-refractivity contribution is 5.31.